The Balaban J connectivity index is 2.18. The van der Waals surface area contributed by atoms with Crippen LogP contribution in [0, 0.1) is 11.3 Å². The second-order valence-electron chi connectivity index (χ2n) is 5.06. The number of anilines is 1. The highest BCUT2D eigenvalue weighted by molar-refractivity contribution is 6.37. The maximum absolute atomic E-state index is 12.3. The first-order chi connectivity index (χ1) is 12.5. The Morgan fingerprint density at radius 2 is 1.77 bits per heavy atom. The largest absolute Gasteiger partial charge is 0.462 e. The van der Waals surface area contributed by atoms with Crippen molar-refractivity contribution in [2.45, 2.75) is 6.92 Å². The fourth-order valence-electron chi connectivity index (χ4n) is 2.04. The van der Waals surface area contributed by atoms with E-state index in [-0.39, 0.29) is 12.2 Å². The first kappa shape index (κ1) is 19.5. The van der Waals surface area contributed by atoms with Crippen molar-refractivity contribution in [3.63, 3.8) is 0 Å². The van der Waals surface area contributed by atoms with Crippen molar-refractivity contribution in [3.8, 4) is 6.07 Å². The van der Waals surface area contributed by atoms with E-state index in [4.69, 9.17) is 27.9 Å². The molecule has 1 N–H and O–H groups in total. The number of halogens is 2. The summed E-state index contributed by atoms with van der Waals surface area (Å²) in [5, 5.41) is 12.5. The predicted octanol–water partition coefficient (Wildman–Crippen LogP) is 4.72. The van der Waals surface area contributed by atoms with Crippen molar-refractivity contribution in [2.75, 3.05) is 11.9 Å². The topological polar surface area (TPSA) is 79.2 Å². The quantitative estimate of drug-likeness (QED) is 0.456. The maximum atomic E-state index is 12.3. The Hall–Kier alpha value is -2.81. The van der Waals surface area contributed by atoms with E-state index in [1.807, 2.05) is 6.07 Å². The standard InChI is InChI=1S/C19H14Cl2N2O3/c1-2-26-19(25)12-6-8-14(9-7-12)23-18(24)13(11-22)10-15-16(20)4-3-5-17(15)21/h3-10H,2H2,1H3,(H,23,24)/b13-10+. The number of nitriles is 1. The van der Waals surface area contributed by atoms with E-state index in [1.165, 1.54) is 18.2 Å². The highest BCUT2D eigenvalue weighted by Crippen LogP contribution is 2.26. The van der Waals surface area contributed by atoms with Crippen LogP contribution < -0.4 is 5.32 Å². The molecule has 0 radical (unpaired) electrons. The van der Waals surface area contributed by atoms with Gasteiger partial charge in [0.1, 0.15) is 11.6 Å². The second kappa shape index (κ2) is 9.04. The predicted molar refractivity (Wildman–Crippen MR) is 101 cm³/mol. The molecule has 0 aliphatic heterocycles. The number of nitrogens with one attached hydrogen (secondary N) is 1. The van der Waals surface area contributed by atoms with E-state index in [0.717, 1.165) is 0 Å². The summed E-state index contributed by atoms with van der Waals surface area (Å²) in [5.41, 5.74) is 1.02. The normalized spacial score (nSPS) is 10.8. The SMILES string of the molecule is CCOC(=O)c1ccc(NC(=O)/C(C#N)=C/c2c(Cl)cccc2Cl)cc1. The number of amides is 1. The molecule has 26 heavy (non-hydrogen) atoms. The van der Waals surface area contributed by atoms with Gasteiger partial charge in [0.15, 0.2) is 0 Å². The summed E-state index contributed by atoms with van der Waals surface area (Å²) < 4.78 is 4.89. The zero-order valence-electron chi connectivity index (χ0n) is 13.8. The van der Waals surface area contributed by atoms with Crippen molar-refractivity contribution < 1.29 is 14.3 Å². The van der Waals surface area contributed by atoms with E-state index in [2.05, 4.69) is 5.32 Å². The number of carbonyl (C=O) groups is 2. The third-order valence-electron chi connectivity index (χ3n) is 3.31. The number of carbonyl (C=O) groups excluding carboxylic acids is 2. The number of rotatable bonds is 5. The van der Waals surface area contributed by atoms with Gasteiger partial charge in [-0.1, -0.05) is 29.3 Å². The molecule has 5 nitrogen and oxygen atoms in total. The molecule has 0 aromatic heterocycles. The van der Waals surface area contributed by atoms with Crippen LogP contribution in [0.25, 0.3) is 6.08 Å². The molecule has 1 amide bonds. The number of hydrogen-bond donors (Lipinski definition) is 1. The molecule has 0 bridgehead atoms. The lowest BCUT2D eigenvalue weighted by Gasteiger charge is -2.07. The highest BCUT2D eigenvalue weighted by Gasteiger charge is 2.13. The molecule has 0 unspecified atom stereocenters. The molecule has 2 rings (SSSR count). The Morgan fingerprint density at radius 1 is 1.15 bits per heavy atom. The first-order valence-corrected chi connectivity index (χ1v) is 8.36. The van der Waals surface area contributed by atoms with Gasteiger partial charge in [0, 0.05) is 21.3 Å². The molecule has 0 saturated carbocycles. The van der Waals surface area contributed by atoms with Crippen molar-refractivity contribution in [2.24, 2.45) is 0 Å². The fourth-order valence-corrected chi connectivity index (χ4v) is 2.55. The summed E-state index contributed by atoms with van der Waals surface area (Å²) in [6, 6.07) is 12.8. The van der Waals surface area contributed by atoms with Gasteiger partial charge in [0.2, 0.25) is 0 Å². The van der Waals surface area contributed by atoms with E-state index in [1.54, 1.807) is 37.3 Å². The zero-order chi connectivity index (χ0) is 19.1. The summed E-state index contributed by atoms with van der Waals surface area (Å²) in [7, 11) is 0. The lowest BCUT2D eigenvalue weighted by molar-refractivity contribution is -0.112. The monoisotopic (exact) mass is 388 g/mol. The lowest BCUT2D eigenvalue weighted by Crippen LogP contribution is -2.13. The Bertz CT molecular complexity index is 880. The van der Waals surface area contributed by atoms with Crippen molar-refractivity contribution in [1.29, 1.82) is 5.26 Å². The Kier molecular flexibility index (Phi) is 6.79. The summed E-state index contributed by atoms with van der Waals surface area (Å²) in [4.78, 5) is 23.9. The van der Waals surface area contributed by atoms with Crippen LogP contribution in [0.5, 0.6) is 0 Å². The summed E-state index contributed by atoms with van der Waals surface area (Å²) >= 11 is 12.1. The molecule has 0 aliphatic rings. The molecule has 0 saturated heterocycles. The van der Waals surface area contributed by atoms with Gasteiger partial charge < -0.3 is 10.1 Å². The maximum Gasteiger partial charge on any atom is 0.338 e. The molecule has 2 aromatic rings. The average molecular weight is 389 g/mol. The van der Waals surface area contributed by atoms with Crippen LogP contribution in [0.4, 0.5) is 5.69 Å². The van der Waals surface area contributed by atoms with Crippen LogP contribution in [0.3, 0.4) is 0 Å². The number of hydrogen-bond acceptors (Lipinski definition) is 4. The van der Waals surface area contributed by atoms with Gasteiger partial charge in [-0.2, -0.15) is 5.26 Å². The number of esters is 1. The molecule has 0 atom stereocenters. The molecule has 0 aliphatic carbocycles. The van der Waals surface area contributed by atoms with E-state index < -0.39 is 11.9 Å². The summed E-state index contributed by atoms with van der Waals surface area (Å²) in [6.07, 6.45) is 1.33. The van der Waals surface area contributed by atoms with E-state index >= 15 is 0 Å². The van der Waals surface area contributed by atoms with Crippen LogP contribution in [0.2, 0.25) is 10.0 Å². The fraction of sp³-hybridized carbons (Fsp3) is 0.105. The summed E-state index contributed by atoms with van der Waals surface area (Å²) in [6.45, 7) is 1.99. The van der Waals surface area contributed by atoms with Gasteiger partial charge in [-0.05, 0) is 49.4 Å². The number of benzene rings is 2. The van der Waals surface area contributed by atoms with E-state index in [0.29, 0.717) is 26.9 Å². The van der Waals surface area contributed by atoms with Crippen LogP contribution in [-0.4, -0.2) is 18.5 Å². The zero-order valence-corrected chi connectivity index (χ0v) is 15.3. The third kappa shape index (κ3) is 4.85. The van der Waals surface area contributed by atoms with Crippen LogP contribution in [0.15, 0.2) is 48.0 Å². The minimum absolute atomic E-state index is 0.158. The van der Waals surface area contributed by atoms with Crippen molar-refractivity contribution >= 4 is 46.8 Å². The lowest BCUT2D eigenvalue weighted by atomic mass is 10.1. The number of nitrogens with zero attached hydrogens (tertiary/aromatic N) is 1. The molecule has 0 heterocycles. The van der Waals surface area contributed by atoms with Gasteiger partial charge in [0.05, 0.1) is 12.2 Å². The molecule has 132 valence electrons. The minimum Gasteiger partial charge on any atom is -0.462 e. The molecule has 7 heteroatoms. The third-order valence-corrected chi connectivity index (χ3v) is 3.97. The van der Waals surface area contributed by atoms with Gasteiger partial charge in [-0.25, -0.2) is 4.79 Å². The van der Waals surface area contributed by atoms with Crippen LogP contribution in [-0.2, 0) is 9.53 Å². The smallest absolute Gasteiger partial charge is 0.338 e. The molecule has 2 aromatic carbocycles. The van der Waals surface area contributed by atoms with Crippen LogP contribution >= 0.6 is 23.2 Å². The number of ether oxygens (including phenoxy) is 1. The van der Waals surface area contributed by atoms with Gasteiger partial charge >= 0.3 is 5.97 Å². The Morgan fingerprint density at radius 3 is 2.31 bits per heavy atom. The first-order valence-electron chi connectivity index (χ1n) is 7.60. The Labute approximate surface area is 160 Å². The minimum atomic E-state index is -0.618. The van der Waals surface area contributed by atoms with Crippen LogP contribution in [0.1, 0.15) is 22.8 Å². The molecular weight excluding hydrogens is 375 g/mol. The van der Waals surface area contributed by atoms with Gasteiger partial charge in [-0.3, -0.25) is 4.79 Å². The van der Waals surface area contributed by atoms with E-state index in [9.17, 15) is 14.9 Å². The van der Waals surface area contributed by atoms with Crippen molar-refractivity contribution in [1.82, 2.24) is 0 Å². The average Bonchev–Trinajstić information content (AvgIpc) is 2.62. The highest BCUT2D eigenvalue weighted by atomic mass is 35.5. The molecule has 0 fully saturated rings. The van der Waals surface area contributed by atoms with Gasteiger partial charge in [0.25, 0.3) is 5.91 Å². The van der Waals surface area contributed by atoms with Gasteiger partial charge in [-0.15, -0.1) is 0 Å². The molecule has 0 spiro atoms. The molecular formula is C19H14Cl2N2O3. The van der Waals surface area contributed by atoms with Crippen molar-refractivity contribution in [3.05, 3.63) is 69.2 Å². The summed E-state index contributed by atoms with van der Waals surface area (Å²) in [5.74, 6) is -1.07. The second-order valence-corrected chi connectivity index (χ2v) is 5.87.